The molecule has 2 amide bonds. The summed E-state index contributed by atoms with van der Waals surface area (Å²) in [7, 11) is 0. The lowest BCUT2D eigenvalue weighted by molar-refractivity contribution is -0.123. The van der Waals surface area contributed by atoms with E-state index in [-0.39, 0.29) is 35.5 Å². The number of hydrogen-bond donors (Lipinski definition) is 0. The average Bonchev–Trinajstić information content (AvgIpc) is 3.08. The van der Waals surface area contributed by atoms with Crippen LogP contribution >= 0.6 is 0 Å². The predicted molar refractivity (Wildman–Crippen MR) is 76.1 cm³/mol. The first-order chi connectivity index (χ1) is 9.58. The number of fused-ring (bicyclic) bond motifs is 5. The molecule has 2 aliphatic carbocycles. The molecule has 3 aliphatic rings. The van der Waals surface area contributed by atoms with Gasteiger partial charge in [-0.3, -0.25) is 14.5 Å². The standard InChI is InChI=1S/C17H17NO2/c1-9-3-6-13(7-10(9)2)18-16(19)14-11-4-5-12(8-11)15(14)17(18)20/h3-7,11-12,14-15H,8H2,1-2H3/t11-,12-,14-,15-/m0/s1. The fourth-order valence-electron chi connectivity index (χ4n) is 4.02. The number of imide groups is 1. The molecule has 3 nitrogen and oxygen atoms in total. The van der Waals surface area contributed by atoms with E-state index in [9.17, 15) is 9.59 Å². The number of hydrogen-bond acceptors (Lipinski definition) is 2. The number of amides is 2. The topological polar surface area (TPSA) is 37.4 Å². The molecule has 2 fully saturated rings. The number of carbonyl (C=O) groups is 2. The van der Waals surface area contributed by atoms with Crippen molar-refractivity contribution in [1.82, 2.24) is 0 Å². The molecule has 1 aliphatic heterocycles. The average molecular weight is 267 g/mol. The first kappa shape index (κ1) is 11.9. The van der Waals surface area contributed by atoms with Gasteiger partial charge in [0.1, 0.15) is 0 Å². The van der Waals surface area contributed by atoms with Gasteiger partial charge in [-0.2, -0.15) is 0 Å². The maximum Gasteiger partial charge on any atom is 0.238 e. The maximum atomic E-state index is 12.7. The van der Waals surface area contributed by atoms with Gasteiger partial charge >= 0.3 is 0 Å². The minimum Gasteiger partial charge on any atom is -0.274 e. The Morgan fingerprint density at radius 1 is 0.950 bits per heavy atom. The summed E-state index contributed by atoms with van der Waals surface area (Å²) in [5, 5.41) is 0. The summed E-state index contributed by atoms with van der Waals surface area (Å²) < 4.78 is 0. The highest BCUT2D eigenvalue weighted by Gasteiger charge is 2.59. The van der Waals surface area contributed by atoms with Crippen LogP contribution in [0.3, 0.4) is 0 Å². The van der Waals surface area contributed by atoms with Gasteiger partial charge in [0.25, 0.3) is 0 Å². The van der Waals surface area contributed by atoms with Crippen LogP contribution in [0.5, 0.6) is 0 Å². The second kappa shape index (κ2) is 3.81. The lowest BCUT2D eigenvalue weighted by Gasteiger charge is -2.18. The molecule has 1 aromatic rings. The third kappa shape index (κ3) is 1.35. The van der Waals surface area contributed by atoms with Crippen LogP contribution in [0, 0.1) is 37.5 Å². The van der Waals surface area contributed by atoms with Gasteiger partial charge in [-0.1, -0.05) is 18.2 Å². The summed E-state index contributed by atoms with van der Waals surface area (Å²) in [5.41, 5.74) is 3.02. The van der Waals surface area contributed by atoms with Crippen molar-refractivity contribution in [2.24, 2.45) is 23.7 Å². The third-order valence-electron chi connectivity index (χ3n) is 5.22. The van der Waals surface area contributed by atoms with Gasteiger partial charge in [-0.05, 0) is 55.4 Å². The van der Waals surface area contributed by atoms with Crippen LogP contribution in [0.4, 0.5) is 5.69 Å². The molecule has 4 rings (SSSR count). The van der Waals surface area contributed by atoms with Crippen LogP contribution in [-0.2, 0) is 9.59 Å². The predicted octanol–water partition coefficient (Wildman–Crippen LogP) is 2.61. The molecule has 102 valence electrons. The van der Waals surface area contributed by atoms with Crippen LogP contribution in [0.15, 0.2) is 30.4 Å². The van der Waals surface area contributed by atoms with Gasteiger partial charge in [0, 0.05) is 0 Å². The summed E-state index contributed by atoms with van der Waals surface area (Å²) in [4.78, 5) is 26.7. The monoisotopic (exact) mass is 267 g/mol. The van der Waals surface area contributed by atoms with Crippen LogP contribution < -0.4 is 4.90 Å². The van der Waals surface area contributed by atoms with Crippen LogP contribution in [0.2, 0.25) is 0 Å². The Hall–Kier alpha value is -1.90. The highest BCUT2D eigenvalue weighted by atomic mass is 16.2. The molecule has 3 heteroatoms. The second-order valence-corrected chi connectivity index (χ2v) is 6.28. The molecule has 0 unspecified atom stereocenters. The molecule has 0 radical (unpaired) electrons. The third-order valence-corrected chi connectivity index (χ3v) is 5.22. The zero-order chi connectivity index (χ0) is 14.0. The number of nitrogens with zero attached hydrogens (tertiary/aromatic N) is 1. The molecule has 0 N–H and O–H groups in total. The van der Waals surface area contributed by atoms with E-state index in [1.807, 2.05) is 32.0 Å². The van der Waals surface area contributed by atoms with E-state index in [1.54, 1.807) is 0 Å². The van der Waals surface area contributed by atoms with Crippen LogP contribution in [0.25, 0.3) is 0 Å². The van der Waals surface area contributed by atoms with Crippen molar-refractivity contribution < 1.29 is 9.59 Å². The number of rotatable bonds is 1. The van der Waals surface area contributed by atoms with E-state index in [4.69, 9.17) is 0 Å². The number of allylic oxidation sites excluding steroid dienone is 2. The number of carbonyl (C=O) groups excluding carboxylic acids is 2. The second-order valence-electron chi connectivity index (χ2n) is 6.28. The summed E-state index contributed by atoms with van der Waals surface area (Å²) >= 11 is 0. The highest BCUT2D eigenvalue weighted by molar-refractivity contribution is 6.22. The normalized spacial score (nSPS) is 34.2. The SMILES string of the molecule is Cc1ccc(N2C(=O)[C@@H]3[C@@H](C2=O)[C@H]2C=C[C@H]3C2)cc1C. The van der Waals surface area contributed by atoms with E-state index in [0.717, 1.165) is 17.7 Å². The van der Waals surface area contributed by atoms with Crippen LogP contribution in [-0.4, -0.2) is 11.8 Å². The number of benzene rings is 1. The number of anilines is 1. The van der Waals surface area contributed by atoms with E-state index in [0.29, 0.717) is 0 Å². The van der Waals surface area contributed by atoms with Gasteiger partial charge in [0.2, 0.25) is 11.8 Å². The molecular weight excluding hydrogens is 250 g/mol. The van der Waals surface area contributed by atoms with Crippen molar-refractivity contribution in [1.29, 1.82) is 0 Å². The van der Waals surface area contributed by atoms with E-state index < -0.39 is 0 Å². The van der Waals surface area contributed by atoms with Crippen molar-refractivity contribution in [3.8, 4) is 0 Å². The first-order valence-corrected chi connectivity index (χ1v) is 7.21. The molecule has 1 heterocycles. The summed E-state index contributed by atoms with van der Waals surface area (Å²) in [6.07, 6.45) is 5.23. The van der Waals surface area contributed by atoms with Crippen molar-refractivity contribution in [2.75, 3.05) is 4.90 Å². The van der Waals surface area contributed by atoms with Crippen LogP contribution in [0.1, 0.15) is 17.5 Å². The lowest BCUT2D eigenvalue weighted by Crippen LogP contribution is -2.32. The Bertz CT molecular complexity index is 631. The Morgan fingerprint density at radius 2 is 1.55 bits per heavy atom. The van der Waals surface area contributed by atoms with Gasteiger partial charge < -0.3 is 0 Å². The number of aryl methyl sites for hydroxylation is 2. The molecule has 1 aromatic carbocycles. The maximum absolute atomic E-state index is 12.7. The van der Waals surface area contributed by atoms with Gasteiger partial charge in [0.05, 0.1) is 17.5 Å². The summed E-state index contributed by atoms with van der Waals surface area (Å²) in [6.45, 7) is 4.04. The van der Waals surface area contributed by atoms with Crippen molar-refractivity contribution in [3.05, 3.63) is 41.5 Å². The lowest BCUT2D eigenvalue weighted by atomic mass is 9.85. The van der Waals surface area contributed by atoms with E-state index in [1.165, 1.54) is 10.5 Å². The van der Waals surface area contributed by atoms with E-state index >= 15 is 0 Å². The molecule has 0 spiro atoms. The zero-order valence-corrected chi connectivity index (χ0v) is 11.7. The zero-order valence-electron chi connectivity index (χ0n) is 11.7. The Balaban J connectivity index is 1.76. The minimum absolute atomic E-state index is 0.0000954. The van der Waals surface area contributed by atoms with Gasteiger partial charge in [0.15, 0.2) is 0 Å². The van der Waals surface area contributed by atoms with Crippen molar-refractivity contribution in [2.45, 2.75) is 20.3 Å². The quantitative estimate of drug-likeness (QED) is 0.579. The Morgan fingerprint density at radius 3 is 2.10 bits per heavy atom. The largest absolute Gasteiger partial charge is 0.274 e. The molecule has 0 aromatic heterocycles. The minimum atomic E-state index is -0.112. The summed E-state index contributed by atoms with van der Waals surface area (Å²) in [5.74, 6) is 0.328. The van der Waals surface area contributed by atoms with Crippen molar-refractivity contribution >= 4 is 17.5 Å². The Kier molecular flexibility index (Phi) is 2.27. The molecule has 1 saturated carbocycles. The van der Waals surface area contributed by atoms with Gasteiger partial charge in [-0.25, -0.2) is 0 Å². The fraction of sp³-hybridized carbons (Fsp3) is 0.412. The molecule has 20 heavy (non-hydrogen) atoms. The molecule has 1 saturated heterocycles. The first-order valence-electron chi connectivity index (χ1n) is 7.21. The van der Waals surface area contributed by atoms with Gasteiger partial charge in [-0.15, -0.1) is 0 Å². The smallest absolute Gasteiger partial charge is 0.238 e. The highest BCUT2D eigenvalue weighted by Crippen LogP contribution is 2.53. The fourth-order valence-corrected chi connectivity index (χ4v) is 4.02. The Labute approximate surface area is 118 Å². The molecule has 4 atom stereocenters. The molecular formula is C17H17NO2. The van der Waals surface area contributed by atoms with E-state index in [2.05, 4.69) is 12.2 Å². The van der Waals surface area contributed by atoms with Crippen molar-refractivity contribution in [3.63, 3.8) is 0 Å². The molecule has 2 bridgehead atoms. The summed E-state index contributed by atoms with van der Waals surface area (Å²) in [6, 6.07) is 5.81.